The van der Waals surface area contributed by atoms with E-state index in [0.29, 0.717) is 17.1 Å². The van der Waals surface area contributed by atoms with Crippen molar-refractivity contribution >= 4 is 46.3 Å². The number of hydrogen-bond donors (Lipinski definition) is 6. The topological polar surface area (TPSA) is 139 Å². The maximum Gasteiger partial charge on any atom is 0.113 e. The van der Waals surface area contributed by atoms with Crippen LogP contribution in [0.25, 0.3) is 23.4 Å². The Hall–Kier alpha value is -5.83. The molecule has 4 aliphatic rings. The van der Waals surface area contributed by atoms with Gasteiger partial charge in [0, 0.05) is 16.9 Å². The van der Waals surface area contributed by atoms with Gasteiger partial charge >= 0.3 is 0 Å². The fourth-order valence-corrected chi connectivity index (χ4v) is 4.50. The van der Waals surface area contributed by atoms with Crippen LogP contribution in [-0.4, -0.2) is 15.2 Å². The molecule has 2 aromatic carbocycles. The lowest BCUT2D eigenvalue weighted by Crippen LogP contribution is -2.14. The summed E-state index contributed by atoms with van der Waals surface area (Å²) in [6.07, 6.45) is 13.0. The molecule has 196 valence electrons. The Morgan fingerprint density at radius 2 is 1.18 bits per heavy atom. The summed E-state index contributed by atoms with van der Waals surface area (Å²) in [4.78, 5) is 4.60. The number of benzene rings is 2. The fourth-order valence-electron chi connectivity index (χ4n) is 4.50. The molecule has 0 unspecified atom stereocenters. The number of nitrogens with one attached hydrogen (secondary N) is 4. The summed E-state index contributed by atoms with van der Waals surface area (Å²) < 4.78 is 0. The molecule has 0 spiro atoms. The first kappa shape index (κ1) is 24.5. The van der Waals surface area contributed by atoms with Crippen molar-refractivity contribution in [2.24, 2.45) is 0 Å². The Morgan fingerprint density at radius 3 is 1.77 bits per heavy atom. The van der Waals surface area contributed by atoms with Crippen molar-refractivity contribution in [3.8, 4) is 11.3 Å². The van der Waals surface area contributed by atoms with Gasteiger partial charge in [-0.25, -0.2) is 0 Å². The van der Waals surface area contributed by atoms with Crippen LogP contribution in [0.5, 0.6) is 0 Å². The van der Waals surface area contributed by atoms with Crippen molar-refractivity contribution in [3.05, 3.63) is 126 Å². The van der Waals surface area contributed by atoms with Gasteiger partial charge in [-0.2, -0.15) is 0 Å². The standard InChI is InChI=1S/C31H27N9/c1-3-22-25(37-27-10-5-18(32)15-29(27)35-22)12-8-20-7-9-21-24(39-40-31(21)17-34-20)13-14-26-23(4-2)36-30-16-19(33)6-11-28(30)38-26/h3-17,35-38H,1-2,32-33H2/b12-8+,14-13+. The summed E-state index contributed by atoms with van der Waals surface area (Å²) in [5.41, 5.74) is 23.4. The highest BCUT2D eigenvalue weighted by Gasteiger charge is 2.16. The van der Waals surface area contributed by atoms with Crippen molar-refractivity contribution in [1.29, 1.82) is 0 Å². The quantitative estimate of drug-likeness (QED) is 0.166. The third-order valence-corrected chi connectivity index (χ3v) is 6.56. The third kappa shape index (κ3) is 4.74. The van der Waals surface area contributed by atoms with E-state index < -0.39 is 0 Å². The van der Waals surface area contributed by atoms with E-state index in [4.69, 9.17) is 11.5 Å². The number of anilines is 6. The highest BCUT2D eigenvalue weighted by molar-refractivity contribution is 5.83. The molecule has 0 radical (unpaired) electrons. The van der Waals surface area contributed by atoms with E-state index in [1.165, 1.54) is 0 Å². The van der Waals surface area contributed by atoms with Gasteiger partial charge in [0.1, 0.15) is 5.69 Å². The maximum absolute atomic E-state index is 5.93. The molecule has 0 aliphatic carbocycles. The monoisotopic (exact) mass is 525 g/mol. The van der Waals surface area contributed by atoms with Crippen molar-refractivity contribution in [2.45, 2.75) is 0 Å². The fraction of sp³-hybridized carbons (Fsp3) is 0. The number of fused-ring (bicyclic) bond motifs is 3. The van der Waals surface area contributed by atoms with Crippen LogP contribution in [-0.2, 0) is 0 Å². The molecule has 4 aliphatic heterocycles. The molecule has 0 saturated carbocycles. The van der Waals surface area contributed by atoms with Crippen LogP contribution in [0.15, 0.2) is 115 Å². The molecule has 9 nitrogen and oxygen atoms in total. The molecule has 0 atom stereocenters. The zero-order valence-electron chi connectivity index (χ0n) is 21.6. The SMILES string of the molecule is C=CC1=C(/C=C/c2ccc3c(/C=C/C4=C(C=C)Nc5cc(N)ccc5N4)nnc-3cn2)Nc2ccc(N)cc2N1. The zero-order chi connectivity index (χ0) is 27.6. The molecule has 0 amide bonds. The van der Waals surface area contributed by atoms with Crippen LogP contribution in [0, 0.1) is 0 Å². The lowest BCUT2D eigenvalue weighted by atomic mass is 10.1. The lowest BCUT2D eigenvalue weighted by molar-refractivity contribution is 1.08. The van der Waals surface area contributed by atoms with Crippen LogP contribution >= 0.6 is 0 Å². The van der Waals surface area contributed by atoms with Gasteiger partial charge in [-0.1, -0.05) is 13.2 Å². The summed E-state index contributed by atoms with van der Waals surface area (Å²) in [7, 11) is 0. The Morgan fingerprint density at radius 1 is 0.600 bits per heavy atom. The minimum absolute atomic E-state index is 0.685. The average Bonchev–Trinajstić information content (AvgIpc) is 3.24. The first-order valence-corrected chi connectivity index (χ1v) is 12.6. The first-order chi connectivity index (χ1) is 19.5. The summed E-state index contributed by atoms with van der Waals surface area (Å²) in [6, 6.07) is 15.3. The number of hydrogen-bond acceptors (Lipinski definition) is 9. The largest absolute Gasteiger partial charge is 0.399 e. The van der Waals surface area contributed by atoms with Gasteiger partial charge in [-0.3, -0.25) is 4.98 Å². The van der Waals surface area contributed by atoms with E-state index in [-0.39, 0.29) is 0 Å². The van der Waals surface area contributed by atoms with Crippen LogP contribution in [0.3, 0.4) is 0 Å². The zero-order valence-corrected chi connectivity index (χ0v) is 21.6. The van der Waals surface area contributed by atoms with E-state index in [0.717, 1.165) is 62.5 Å². The molecule has 0 bridgehead atoms. The molecular formula is C31H27N9. The molecule has 8 N–H and O–H groups in total. The lowest BCUT2D eigenvalue weighted by Gasteiger charge is -2.23. The molecule has 6 rings (SSSR count). The highest BCUT2D eigenvalue weighted by Crippen LogP contribution is 2.34. The number of nitrogens with zero attached hydrogens (tertiary/aromatic N) is 3. The molecule has 9 heteroatoms. The molecular weight excluding hydrogens is 498 g/mol. The van der Waals surface area contributed by atoms with E-state index in [9.17, 15) is 0 Å². The van der Waals surface area contributed by atoms with Crippen molar-refractivity contribution in [1.82, 2.24) is 15.2 Å². The smallest absolute Gasteiger partial charge is 0.113 e. The van der Waals surface area contributed by atoms with E-state index in [1.807, 2.05) is 72.8 Å². The van der Waals surface area contributed by atoms with E-state index >= 15 is 0 Å². The van der Waals surface area contributed by atoms with Gasteiger partial charge in [-0.15, -0.1) is 10.2 Å². The van der Waals surface area contributed by atoms with Crippen molar-refractivity contribution in [3.63, 3.8) is 0 Å². The minimum Gasteiger partial charge on any atom is -0.399 e. The number of aromatic nitrogens is 3. The van der Waals surface area contributed by atoms with Gasteiger partial charge in [-0.05, 0) is 85.0 Å². The predicted molar refractivity (Wildman–Crippen MR) is 165 cm³/mol. The molecule has 0 saturated heterocycles. The summed E-state index contributed by atoms with van der Waals surface area (Å²) in [6.45, 7) is 7.85. The molecule has 2 aromatic rings. The maximum atomic E-state index is 5.93. The number of allylic oxidation sites excluding steroid dienone is 4. The summed E-state index contributed by atoms with van der Waals surface area (Å²) in [5, 5.41) is 22.3. The third-order valence-electron chi connectivity index (χ3n) is 6.56. The predicted octanol–water partition coefficient (Wildman–Crippen LogP) is 6.04. The average molecular weight is 526 g/mol. The van der Waals surface area contributed by atoms with Gasteiger partial charge in [0.15, 0.2) is 0 Å². The first-order valence-electron chi connectivity index (χ1n) is 12.6. The van der Waals surface area contributed by atoms with Crippen LogP contribution in [0.4, 0.5) is 34.1 Å². The second kappa shape index (κ2) is 10.1. The van der Waals surface area contributed by atoms with Gasteiger partial charge in [0.05, 0.1) is 63.1 Å². The van der Waals surface area contributed by atoms with Crippen LogP contribution < -0.4 is 32.7 Å². The number of rotatable bonds is 6. The summed E-state index contributed by atoms with van der Waals surface area (Å²) >= 11 is 0. The van der Waals surface area contributed by atoms with Gasteiger partial charge in [0.25, 0.3) is 0 Å². The Kier molecular flexibility index (Phi) is 6.21. The van der Waals surface area contributed by atoms with Crippen LogP contribution in [0.1, 0.15) is 11.4 Å². The number of nitrogens with two attached hydrogens (primary N) is 2. The summed E-state index contributed by atoms with van der Waals surface area (Å²) in [5.74, 6) is 0. The van der Waals surface area contributed by atoms with Crippen molar-refractivity contribution in [2.75, 3.05) is 32.7 Å². The molecule has 40 heavy (non-hydrogen) atoms. The molecule has 0 fully saturated rings. The normalized spacial score (nSPS) is 14.3. The number of nitrogen functional groups attached to an aromatic ring is 2. The molecule has 0 aromatic heterocycles. The Bertz CT molecular complexity index is 1760. The Labute approximate surface area is 231 Å². The van der Waals surface area contributed by atoms with E-state index in [1.54, 1.807) is 18.3 Å². The minimum atomic E-state index is 0.685. The van der Waals surface area contributed by atoms with Gasteiger partial charge in [0.2, 0.25) is 0 Å². The second-order valence-electron chi connectivity index (χ2n) is 9.24. The highest BCUT2D eigenvalue weighted by atomic mass is 15.1. The van der Waals surface area contributed by atoms with E-state index in [2.05, 4.69) is 49.6 Å². The molecule has 4 heterocycles. The van der Waals surface area contributed by atoms with Crippen molar-refractivity contribution < 1.29 is 0 Å². The van der Waals surface area contributed by atoms with Crippen LogP contribution in [0.2, 0.25) is 0 Å². The Balaban J connectivity index is 1.24. The second-order valence-corrected chi connectivity index (χ2v) is 9.24. The van der Waals surface area contributed by atoms with Gasteiger partial charge < -0.3 is 32.7 Å².